The van der Waals surface area contributed by atoms with E-state index in [2.05, 4.69) is 39.2 Å². The Balaban J connectivity index is 0.00000148. The van der Waals surface area contributed by atoms with Gasteiger partial charge in [-0.1, -0.05) is 26.0 Å². The number of rotatable bonds is 6. The van der Waals surface area contributed by atoms with Crippen LogP contribution in [0.25, 0.3) is 21.7 Å². The third-order valence-corrected chi connectivity index (χ3v) is 6.76. The largest absolute Gasteiger partial charge is 0.497 e. The molecule has 9 heteroatoms. The molecule has 0 radical (unpaired) electrons. The molecule has 0 bridgehead atoms. The molecule has 2 aromatic carbocycles. The van der Waals surface area contributed by atoms with E-state index >= 15 is 0 Å². The molecule has 1 N–H and O–H groups in total. The Morgan fingerprint density at radius 3 is 2.56 bits per heavy atom. The van der Waals surface area contributed by atoms with E-state index in [-0.39, 0.29) is 5.97 Å². The molecule has 1 aliphatic heterocycles. The summed E-state index contributed by atoms with van der Waals surface area (Å²) >= 11 is 1.45. The first-order chi connectivity index (χ1) is 17.6. The molecule has 188 valence electrons. The van der Waals surface area contributed by atoms with Crippen LogP contribution in [0.15, 0.2) is 48.0 Å². The van der Waals surface area contributed by atoms with E-state index in [4.69, 9.17) is 14.5 Å². The predicted molar refractivity (Wildman–Crippen MR) is 146 cm³/mol. The number of benzene rings is 2. The Labute approximate surface area is 215 Å². The monoisotopic (exact) mass is 505 g/mol. The van der Waals surface area contributed by atoms with Crippen molar-refractivity contribution >= 4 is 44.8 Å². The molecule has 1 aliphatic rings. The van der Waals surface area contributed by atoms with Crippen LogP contribution in [0.3, 0.4) is 0 Å². The first-order valence-electron chi connectivity index (χ1n) is 12.1. The number of thiazole rings is 1. The van der Waals surface area contributed by atoms with Crippen molar-refractivity contribution < 1.29 is 14.3 Å². The zero-order valence-electron chi connectivity index (χ0n) is 21.2. The van der Waals surface area contributed by atoms with Crippen molar-refractivity contribution in [2.45, 2.75) is 39.7 Å². The highest BCUT2D eigenvalue weighted by atomic mass is 32.1. The summed E-state index contributed by atoms with van der Waals surface area (Å²) in [4.78, 5) is 28.9. The maximum atomic E-state index is 11.8. The molecule has 1 unspecified atom stereocenters. The predicted octanol–water partition coefficient (Wildman–Crippen LogP) is 6.31. The average molecular weight is 506 g/mol. The number of aromatic nitrogens is 3. The average Bonchev–Trinajstić information content (AvgIpc) is 3.58. The number of methoxy groups -OCH3 is 2. The van der Waals surface area contributed by atoms with Crippen LogP contribution in [0, 0.1) is 0 Å². The van der Waals surface area contributed by atoms with Crippen molar-refractivity contribution in [3.8, 4) is 17.1 Å². The van der Waals surface area contributed by atoms with Gasteiger partial charge in [0.15, 0.2) is 11.6 Å². The second-order valence-electron chi connectivity index (χ2n) is 8.20. The van der Waals surface area contributed by atoms with E-state index in [0.717, 1.165) is 34.1 Å². The molecule has 36 heavy (non-hydrogen) atoms. The van der Waals surface area contributed by atoms with Gasteiger partial charge in [-0.2, -0.15) is 0 Å². The van der Waals surface area contributed by atoms with E-state index in [0.29, 0.717) is 28.8 Å². The highest BCUT2D eigenvalue weighted by molar-refractivity contribution is 7.16. The van der Waals surface area contributed by atoms with Crippen LogP contribution >= 0.6 is 11.3 Å². The normalized spacial score (nSPS) is 14.8. The Hall–Kier alpha value is -3.72. The highest BCUT2D eigenvalue weighted by Gasteiger charge is 2.22. The number of nitrogens with zero attached hydrogens (tertiary/aromatic N) is 4. The standard InChI is InChI=1S/C25H25N5O3S.C2H6/c1-15-5-4-10-30(15)19-11-18(12-20(13-19)32-2)27-23-21-24(34-14-26-21)29-22(28-23)16-6-8-17(9-7-16)25(31)33-3;1-2/h6-9,11-15H,4-5,10H2,1-3H3,(H,27,28,29);1-2H3. The van der Waals surface area contributed by atoms with Crippen LogP contribution in [0.2, 0.25) is 0 Å². The quantitative estimate of drug-likeness (QED) is 0.305. The second-order valence-corrected chi connectivity index (χ2v) is 9.03. The van der Waals surface area contributed by atoms with Gasteiger partial charge in [0.25, 0.3) is 0 Å². The Morgan fingerprint density at radius 2 is 1.89 bits per heavy atom. The minimum atomic E-state index is -0.381. The topological polar surface area (TPSA) is 89.5 Å². The zero-order valence-corrected chi connectivity index (χ0v) is 22.1. The van der Waals surface area contributed by atoms with Gasteiger partial charge in [0.2, 0.25) is 0 Å². The number of ether oxygens (including phenoxy) is 2. The molecule has 1 saturated heterocycles. The zero-order chi connectivity index (χ0) is 25.7. The summed E-state index contributed by atoms with van der Waals surface area (Å²) in [6.45, 7) is 7.28. The molecule has 2 aromatic heterocycles. The second kappa shape index (κ2) is 11.3. The maximum Gasteiger partial charge on any atom is 0.337 e. The number of hydrogen-bond donors (Lipinski definition) is 1. The molecule has 0 spiro atoms. The summed E-state index contributed by atoms with van der Waals surface area (Å²) < 4.78 is 10.4. The van der Waals surface area contributed by atoms with Gasteiger partial charge in [0.05, 0.1) is 25.3 Å². The van der Waals surface area contributed by atoms with Crippen LogP contribution in [0.1, 0.15) is 44.0 Å². The van der Waals surface area contributed by atoms with Gasteiger partial charge in [-0.25, -0.2) is 19.7 Å². The molecule has 4 aromatic rings. The summed E-state index contributed by atoms with van der Waals surface area (Å²) in [5.41, 5.74) is 5.73. The van der Waals surface area contributed by atoms with Crippen molar-refractivity contribution in [2.75, 3.05) is 31.0 Å². The lowest BCUT2D eigenvalue weighted by molar-refractivity contribution is 0.0600. The molecular weight excluding hydrogens is 474 g/mol. The van der Waals surface area contributed by atoms with Gasteiger partial charge in [-0.05, 0) is 38.0 Å². The molecule has 3 heterocycles. The van der Waals surface area contributed by atoms with Crippen molar-refractivity contribution in [2.24, 2.45) is 0 Å². The smallest absolute Gasteiger partial charge is 0.337 e. The fraction of sp³-hybridized carbons (Fsp3) is 0.333. The van der Waals surface area contributed by atoms with Gasteiger partial charge in [-0.15, -0.1) is 11.3 Å². The first-order valence-corrected chi connectivity index (χ1v) is 13.0. The van der Waals surface area contributed by atoms with Crippen molar-refractivity contribution in [1.82, 2.24) is 15.0 Å². The number of nitrogens with one attached hydrogen (secondary N) is 1. The Bertz CT molecular complexity index is 1340. The minimum Gasteiger partial charge on any atom is -0.497 e. The number of carbonyl (C=O) groups is 1. The first kappa shape index (κ1) is 25.4. The number of carbonyl (C=O) groups excluding carboxylic acids is 1. The number of hydrogen-bond acceptors (Lipinski definition) is 9. The fourth-order valence-corrected chi connectivity index (χ4v) is 4.90. The molecule has 0 amide bonds. The highest BCUT2D eigenvalue weighted by Crippen LogP contribution is 2.34. The molecular formula is C27H31N5O3S. The molecule has 1 atom stereocenters. The number of anilines is 3. The number of fused-ring (bicyclic) bond motifs is 1. The van der Waals surface area contributed by atoms with Gasteiger partial charge >= 0.3 is 5.97 Å². The molecule has 5 rings (SSSR count). The Kier molecular flexibility index (Phi) is 8.00. The summed E-state index contributed by atoms with van der Waals surface area (Å²) in [5.74, 6) is 1.56. The third-order valence-electron chi connectivity index (χ3n) is 6.04. The van der Waals surface area contributed by atoms with E-state index < -0.39 is 0 Å². The molecule has 0 saturated carbocycles. The van der Waals surface area contributed by atoms with Crippen LogP contribution < -0.4 is 15.0 Å². The van der Waals surface area contributed by atoms with Gasteiger partial charge < -0.3 is 19.7 Å². The molecule has 8 nitrogen and oxygen atoms in total. The fourth-order valence-electron chi connectivity index (χ4n) is 4.24. The van der Waals surface area contributed by atoms with Crippen LogP contribution in [0.5, 0.6) is 5.75 Å². The third kappa shape index (κ3) is 5.26. The summed E-state index contributed by atoms with van der Waals surface area (Å²) in [5, 5.41) is 3.45. The minimum absolute atomic E-state index is 0.381. The van der Waals surface area contributed by atoms with E-state index in [1.54, 1.807) is 24.8 Å². The van der Waals surface area contributed by atoms with Crippen molar-refractivity contribution in [1.29, 1.82) is 0 Å². The van der Waals surface area contributed by atoms with Crippen LogP contribution in [0.4, 0.5) is 17.2 Å². The van der Waals surface area contributed by atoms with Gasteiger partial charge in [0.1, 0.15) is 16.1 Å². The number of esters is 1. The lowest BCUT2D eigenvalue weighted by Gasteiger charge is -2.25. The SMILES string of the molecule is CC.COC(=O)c1ccc(-c2nc(Nc3cc(OC)cc(N4CCCC4C)c3)c3ncsc3n2)cc1. The Morgan fingerprint density at radius 1 is 1.11 bits per heavy atom. The van der Waals surface area contributed by atoms with E-state index in [1.165, 1.54) is 31.3 Å². The van der Waals surface area contributed by atoms with E-state index in [1.807, 2.05) is 32.0 Å². The van der Waals surface area contributed by atoms with Gasteiger partial charge in [-0.3, -0.25) is 0 Å². The summed E-state index contributed by atoms with van der Waals surface area (Å²) in [6, 6.07) is 13.7. The van der Waals surface area contributed by atoms with Crippen LogP contribution in [-0.4, -0.2) is 47.7 Å². The maximum absolute atomic E-state index is 11.8. The molecule has 0 aliphatic carbocycles. The van der Waals surface area contributed by atoms with Crippen LogP contribution in [-0.2, 0) is 4.74 Å². The van der Waals surface area contributed by atoms with E-state index in [9.17, 15) is 4.79 Å². The molecule has 1 fully saturated rings. The lowest BCUT2D eigenvalue weighted by Crippen LogP contribution is -2.26. The van der Waals surface area contributed by atoms with Gasteiger partial charge in [0, 0.05) is 41.7 Å². The lowest BCUT2D eigenvalue weighted by atomic mass is 10.1. The van der Waals surface area contributed by atoms with Crippen molar-refractivity contribution in [3.63, 3.8) is 0 Å². The summed E-state index contributed by atoms with van der Waals surface area (Å²) in [6.07, 6.45) is 2.37. The van der Waals surface area contributed by atoms with Crippen molar-refractivity contribution in [3.05, 3.63) is 53.5 Å². The summed E-state index contributed by atoms with van der Waals surface area (Å²) in [7, 11) is 3.04.